The Hall–Kier alpha value is -1.13. The van der Waals surface area contributed by atoms with Crippen molar-refractivity contribution >= 4 is 44.6 Å². The minimum absolute atomic E-state index is 0.0725. The monoisotopic (exact) mass is 339 g/mol. The summed E-state index contributed by atoms with van der Waals surface area (Å²) in [5, 5.41) is 5.22. The molecule has 2 aromatic carbocycles. The predicted octanol–water partition coefficient (Wildman–Crippen LogP) is 5.66. The van der Waals surface area contributed by atoms with Gasteiger partial charge in [0, 0.05) is 9.58 Å². The number of halogens is 3. The third-order valence-corrected chi connectivity index (χ3v) is 5.38. The van der Waals surface area contributed by atoms with Gasteiger partial charge in [-0.1, -0.05) is 35.3 Å². The Bertz CT molecular complexity index is 800. The molecule has 1 aromatic heterocycles. The van der Waals surface area contributed by atoms with Crippen LogP contribution in [0.1, 0.15) is 16.5 Å². The molecule has 1 nitrogen and oxygen atoms in total. The minimum Gasteiger partial charge on any atom is -0.309 e. The van der Waals surface area contributed by atoms with Crippen molar-refractivity contribution in [2.75, 3.05) is 7.05 Å². The maximum absolute atomic E-state index is 13.3. The van der Waals surface area contributed by atoms with Crippen LogP contribution in [0.15, 0.2) is 42.5 Å². The first-order valence-corrected chi connectivity index (χ1v) is 7.97. The molecular formula is C16H12Cl2FNS. The quantitative estimate of drug-likeness (QED) is 0.649. The van der Waals surface area contributed by atoms with E-state index in [0.717, 1.165) is 20.5 Å². The maximum atomic E-state index is 13.3. The molecule has 0 bridgehead atoms. The van der Waals surface area contributed by atoms with Gasteiger partial charge in [0.05, 0.1) is 16.1 Å². The van der Waals surface area contributed by atoms with Gasteiger partial charge in [-0.15, -0.1) is 11.3 Å². The Morgan fingerprint density at radius 1 is 1.14 bits per heavy atom. The molecule has 0 aliphatic carbocycles. The zero-order valence-electron chi connectivity index (χ0n) is 11.2. The molecule has 3 aromatic rings. The zero-order valence-corrected chi connectivity index (χ0v) is 13.5. The van der Waals surface area contributed by atoms with Crippen LogP contribution in [-0.4, -0.2) is 7.05 Å². The second-order valence-electron chi connectivity index (χ2n) is 4.70. The fourth-order valence-corrected chi connectivity index (χ4v) is 3.96. The summed E-state index contributed by atoms with van der Waals surface area (Å²) in [5.74, 6) is -0.228. The molecule has 0 saturated heterocycles. The topological polar surface area (TPSA) is 12.0 Å². The predicted molar refractivity (Wildman–Crippen MR) is 89.1 cm³/mol. The molecule has 0 spiro atoms. The zero-order chi connectivity index (χ0) is 15.0. The number of thiophene rings is 1. The molecule has 5 heteroatoms. The summed E-state index contributed by atoms with van der Waals surface area (Å²) in [5.41, 5.74) is 0.915. The van der Waals surface area contributed by atoms with E-state index in [4.69, 9.17) is 23.2 Å². The summed E-state index contributed by atoms with van der Waals surface area (Å²) >= 11 is 14.0. The van der Waals surface area contributed by atoms with Gasteiger partial charge in [-0.05, 0) is 48.3 Å². The van der Waals surface area contributed by atoms with Gasteiger partial charge in [-0.3, -0.25) is 0 Å². The summed E-state index contributed by atoms with van der Waals surface area (Å²) in [4.78, 5) is 1.07. The molecular weight excluding hydrogens is 328 g/mol. The van der Waals surface area contributed by atoms with Crippen LogP contribution >= 0.6 is 34.5 Å². The van der Waals surface area contributed by atoms with E-state index in [1.165, 1.54) is 6.07 Å². The first kappa shape index (κ1) is 14.8. The van der Waals surface area contributed by atoms with Crippen molar-refractivity contribution in [2.45, 2.75) is 6.04 Å². The highest BCUT2D eigenvalue weighted by atomic mass is 35.5. The average Bonchev–Trinajstić information content (AvgIpc) is 2.87. The fraction of sp³-hybridized carbons (Fsp3) is 0.125. The van der Waals surface area contributed by atoms with E-state index in [1.807, 2.05) is 25.2 Å². The minimum atomic E-state index is -0.228. The lowest BCUT2D eigenvalue weighted by Crippen LogP contribution is -2.16. The van der Waals surface area contributed by atoms with Crippen molar-refractivity contribution in [3.63, 3.8) is 0 Å². The third-order valence-electron chi connectivity index (χ3n) is 3.36. The molecule has 108 valence electrons. The Morgan fingerprint density at radius 3 is 2.71 bits per heavy atom. The Kier molecular flexibility index (Phi) is 4.18. The second-order valence-corrected chi connectivity index (χ2v) is 6.60. The van der Waals surface area contributed by atoms with Crippen LogP contribution in [0.5, 0.6) is 0 Å². The van der Waals surface area contributed by atoms with Gasteiger partial charge in [0.25, 0.3) is 0 Å². The van der Waals surface area contributed by atoms with Gasteiger partial charge in [-0.25, -0.2) is 4.39 Å². The number of hydrogen-bond acceptors (Lipinski definition) is 2. The van der Waals surface area contributed by atoms with E-state index in [2.05, 4.69) is 5.32 Å². The number of benzene rings is 2. The van der Waals surface area contributed by atoms with Crippen molar-refractivity contribution < 1.29 is 4.39 Å². The van der Waals surface area contributed by atoms with Gasteiger partial charge in [0.2, 0.25) is 0 Å². The van der Waals surface area contributed by atoms with Crippen molar-refractivity contribution in [3.8, 4) is 0 Å². The molecule has 0 fully saturated rings. The van der Waals surface area contributed by atoms with Crippen LogP contribution < -0.4 is 5.32 Å². The van der Waals surface area contributed by atoms with Crippen molar-refractivity contribution in [1.82, 2.24) is 5.32 Å². The summed E-state index contributed by atoms with van der Waals surface area (Å²) in [6.07, 6.45) is 0. The lowest BCUT2D eigenvalue weighted by atomic mass is 10.0. The van der Waals surface area contributed by atoms with E-state index in [1.54, 1.807) is 29.5 Å². The van der Waals surface area contributed by atoms with Gasteiger partial charge < -0.3 is 5.32 Å². The Labute approximate surface area is 136 Å². The largest absolute Gasteiger partial charge is 0.309 e. The smallest absolute Gasteiger partial charge is 0.123 e. The molecule has 21 heavy (non-hydrogen) atoms. The van der Waals surface area contributed by atoms with Gasteiger partial charge in [0.1, 0.15) is 5.82 Å². The summed E-state index contributed by atoms with van der Waals surface area (Å²) in [6.45, 7) is 0. The molecule has 0 aliphatic rings. The van der Waals surface area contributed by atoms with E-state index < -0.39 is 0 Å². The average molecular weight is 340 g/mol. The maximum Gasteiger partial charge on any atom is 0.123 e. The van der Waals surface area contributed by atoms with Gasteiger partial charge in [-0.2, -0.15) is 0 Å². The molecule has 0 radical (unpaired) electrons. The first-order chi connectivity index (χ1) is 10.1. The molecule has 0 aliphatic heterocycles. The fourth-order valence-electron chi connectivity index (χ4n) is 2.37. The second kappa shape index (κ2) is 5.93. The lowest BCUT2D eigenvalue weighted by molar-refractivity contribution is 0.630. The molecule has 1 heterocycles. The highest BCUT2D eigenvalue weighted by molar-refractivity contribution is 7.19. The number of rotatable bonds is 3. The SMILES string of the molecule is CNC(c1cc2cc(F)ccc2s1)c1cccc(Cl)c1Cl. The van der Waals surface area contributed by atoms with Crippen LogP contribution in [-0.2, 0) is 0 Å². The Balaban J connectivity index is 2.11. The van der Waals surface area contributed by atoms with Crippen LogP contribution in [0.4, 0.5) is 4.39 Å². The van der Waals surface area contributed by atoms with Crippen molar-refractivity contribution in [3.05, 3.63) is 68.8 Å². The van der Waals surface area contributed by atoms with E-state index in [9.17, 15) is 4.39 Å². The molecule has 3 rings (SSSR count). The van der Waals surface area contributed by atoms with Crippen LogP contribution in [0, 0.1) is 5.82 Å². The Morgan fingerprint density at radius 2 is 1.95 bits per heavy atom. The number of nitrogens with one attached hydrogen (secondary N) is 1. The van der Waals surface area contributed by atoms with E-state index in [0.29, 0.717) is 10.0 Å². The van der Waals surface area contributed by atoms with Crippen molar-refractivity contribution in [1.29, 1.82) is 0 Å². The lowest BCUT2D eigenvalue weighted by Gasteiger charge is -2.17. The standard InChI is InChI=1S/C16H12Cl2FNS/c1-20-16(11-3-2-4-12(17)15(11)18)14-8-9-7-10(19)5-6-13(9)21-14/h2-8,16,20H,1H3. The first-order valence-electron chi connectivity index (χ1n) is 6.40. The van der Waals surface area contributed by atoms with Crippen LogP contribution in [0.2, 0.25) is 10.0 Å². The molecule has 0 amide bonds. The highest BCUT2D eigenvalue weighted by Crippen LogP contribution is 2.37. The molecule has 1 N–H and O–H groups in total. The number of fused-ring (bicyclic) bond motifs is 1. The van der Waals surface area contributed by atoms with Gasteiger partial charge >= 0.3 is 0 Å². The van der Waals surface area contributed by atoms with Crippen LogP contribution in [0.25, 0.3) is 10.1 Å². The molecule has 0 saturated carbocycles. The normalized spacial score (nSPS) is 12.8. The molecule has 1 unspecified atom stereocenters. The van der Waals surface area contributed by atoms with E-state index >= 15 is 0 Å². The number of hydrogen-bond donors (Lipinski definition) is 1. The van der Waals surface area contributed by atoms with E-state index in [-0.39, 0.29) is 11.9 Å². The van der Waals surface area contributed by atoms with Crippen LogP contribution in [0.3, 0.4) is 0 Å². The summed E-state index contributed by atoms with van der Waals surface area (Å²) in [6, 6.07) is 12.3. The summed E-state index contributed by atoms with van der Waals surface area (Å²) in [7, 11) is 1.87. The summed E-state index contributed by atoms with van der Waals surface area (Å²) < 4.78 is 14.4. The van der Waals surface area contributed by atoms with Crippen molar-refractivity contribution in [2.24, 2.45) is 0 Å². The third kappa shape index (κ3) is 2.79. The highest BCUT2D eigenvalue weighted by Gasteiger charge is 2.19. The van der Waals surface area contributed by atoms with Gasteiger partial charge in [0.15, 0.2) is 0 Å². The molecule has 1 atom stereocenters.